The topological polar surface area (TPSA) is 45.2 Å². The number of hydrogen-bond donors (Lipinski definition) is 1. The van der Waals surface area contributed by atoms with Gasteiger partial charge in [-0.05, 0) is 38.6 Å². The minimum Gasteiger partial charge on any atom is -0.302 e. The predicted octanol–water partition coefficient (Wildman–Crippen LogP) is 3.11. The fraction of sp³-hybridized carbons (Fsp3) is 0.714. The fourth-order valence-electron chi connectivity index (χ4n) is 2.66. The highest BCUT2D eigenvalue weighted by molar-refractivity contribution is 7.13. The molecule has 0 spiro atoms. The molecule has 1 aromatic heterocycles. The van der Waals surface area contributed by atoms with Crippen molar-refractivity contribution in [3.8, 4) is 0 Å². The quantitative estimate of drug-likeness (QED) is 0.922. The number of nitrogens with one attached hydrogen (secondary N) is 1. The van der Waals surface area contributed by atoms with Crippen molar-refractivity contribution in [2.45, 2.75) is 52.1 Å². The Labute approximate surface area is 119 Å². The molecular weight excluding hydrogens is 258 g/mol. The van der Waals surface area contributed by atoms with E-state index in [2.05, 4.69) is 29.2 Å². The van der Waals surface area contributed by atoms with Crippen LogP contribution in [0, 0.1) is 5.92 Å². The van der Waals surface area contributed by atoms with Crippen molar-refractivity contribution in [1.29, 1.82) is 0 Å². The maximum absolute atomic E-state index is 11.0. The zero-order valence-corrected chi connectivity index (χ0v) is 12.8. The monoisotopic (exact) mass is 281 g/mol. The van der Waals surface area contributed by atoms with Gasteiger partial charge in [-0.1, -0.05) is 6.92 Å². The van der Waals surface area contributed by atoms with Gasteiger partial charge in [0.15, 0.2) is 5.13 Å². The highest BCUT2D eigenvalue weighted by atomic mass is 32.1. The van der Waals surface area contributed by atoms with E-state index in [-0.39, 0.29) is 5.91 Å². The van der Waals surface area contributed by atoms with Crippen LogP contribution in [0.3, 0.4) is 0 Å². The minimum absolute atomic E-state index is 0.0597. The average Bonchev–Trinajstić information content (AvgIpc) is 2.76. The number of nitrogens with zero attached hydrogens (tertiary/aromatic N) is 2. The Morgan fingerprint density at radius 3 is 2.79 bits per heavy atom. The molecule has 0 bridgehead atoms. The number of thiazole rings is 1. The summed E-state index contributed by atoms with van der Waals surface area (Å²) in [6, 6.07) is 0.683. The second-order valence-electron chi connectivity index (χ2n) is 5.65. The molecule has 4 nitrogen and oxygen atoms in total. The van der Waals surface area contributed by atoms with Crippen LogP contribution in [0.25, 0.3) is 0 Å². The van der Waals surface area contributed by atoms with Gasteiger partial charge in [-0.25, -0.2) is 4.98 Å². The van der Waals surface area contributed by atoms with E-state index >= 15 is 0 Å². The average molecular weight is 281 g/mol. The van der Waals surface area contributed by atoms with Gasteiger partial charge >= 0.3 is 0 Å². The molecule has 0 atom stereocenters. The lowest BCUT2D eigenvalue weighted by atomic mass is 9.87. The van der Waals surface area contributed by atoms with Crippen LogP contribution in [-0.4, -0.2) is 28.9 Å². The third kappa shape index (κ3) is 4.28. The van der Waals surface area contributed by atoms with Gasteiger partial charge in [0.25, 0.3) is 0 Å². The van der Waals surface area contributed by atoms with E-state index in [1.165, 1.54) is 43.9 Å². The van der Waals surface area contributed by atoms with Gasteiger partial charge in [0, 0.05) is 24.9 Å². The summed E-state index contributed by atoms with van der Waals surface area (Å²) in [7, 11) is 2.18. The van der Waals surface area contributed by atoms with Gasteiger partial charge in [-0.15, -0.1) is 11.3 Å². The number of rotatable bonds is 4. The Kier molecular flexibility index (Phi) is 4.93. The van der Waals surface area contributed by atoms with Crippen molar-refractivity contribution in [3.05, 3.63) is 11.1 Å². The predicted molar refractivity (Wildman–Crippen MR) is 79.3 cm³/mol. The van der Waals surface area contributed by atoms with Crippen LogP contribution in [0.5, 0.6) is 0 Å². The zero-order valence-electron chi connectivity index (χ0n) is 12.0. The molecule has 5 heteroatoms. The zero-order chi connectivity index (χ0) is 13.8. The molecule has 1 saturated carbocycles. The van der Waals surface area contributed by atoms with Crippen LogP contribution in [0.2, 0.25) is 0 Å². The van der Waals surface area contributed by atoms with Crippen molar-refractivity contribution in [1.82, 2.24) is 9.88 Å². The van der Waals surface area contributed by atoms with Gasteiger partial charge < -0.3 is 5.32 Å². The lowest BCUT2D eigenvalue weighted by Gasteiger charge is -2.33. The van der Waals surface area contributed by atoms with Crippen molar-refractivity contribution in [2.24, 2.45) is 5.92 Å². The maximum Gasteiger partial charge on any atom is 0.223 e. The molecular formula is C14H23N3OS. The largest absolute Gasteiger partial charge is 0.302 e. The van der Waals surface area contributed by atoms with E-state index in [9.17, 15) is 4.79 Å². The second-order valence-corrected chi connectivity index (χ2v) is 6.51. The SMILES string of the molecule is CC(=O)Nc1nc(CN(C)C2CCC(C)CC2)cs1. The summed E-state index contributed by atoms with van der Waals surface area (Å²) in [4.78, 5) is 17.8. The summed E-state index contributed by atoms with van der Waals surface area (Å²) >= 11 is 1.50. The molecule has 0 saturated heterocycles. The van der Waals surface area contributed by atoms with E-state index in [4.69, 9.17) is 0 Å². The summed E-state index contributed by atoms with van der Waals surface area (Å²) in [6.45, 7) is 4.72. The first-order valence-electron chi connectivity index (χ1n) is 6.97. The molecule has 1 amide bonds. The van der Waals surface area contributed by atoms with Gasteiger partial charge in [0.05, 0.1) is 5.69 Å². The van der Waals surface area contributed by atoms with Gasteiger partial charge in [0.1, 0.15) is 0 Å². The first-order chi connectivity index (χ1) is 9.04. The molecule has 0 radical (unpaired) electrons. The standard InChI is InChI=1S/C14H23N3OS/c1-10-4-6-13(7-5-10)17(3)8-12-9-19-14(16-12)15-11(2)18/h9-10,13H,4-8H2,1-3H3,(H,15,16,18). The fourth-order valence-corrected chi connectivity index (χ4v) is 3.40. The van der Waals surface area contributed by atoms with Gasteiger partial charge in [-0.2, -0.15) is 0 Å². The smallest absolute Gasteiger partial charge is 0.223 e. The van der Waals surface area contributed by atoms with Crippen LogP contribution in [0.15, 0.2) is 5.38 Å². The molecule has 1 aliphatic carbocycles. The van der Waals surface area contributed by atoms with Gasteiger partial charge in [0.2, 0.25) is 5.91 Å². The summed E-state index contributed by atoms with van der Waals surface area (Å²) in [5, 5.41) is 5.47. The Morgan fingerprint density at radius 1 is 1.47 bits per heavy atom. The first kappa shape index (κ1) is 14.5. The molecule has 0 aliphatic heterocycles. The molecule has 1 heterocycles. The van der Waals surface area contributed by atoms with E-state index < -0.39 is 0 Å². The van der Waals surface area contributed by atoms with E-state index in [0.717, 1.165) is 18.2 Å². The van der Waals surface area contributed by atoms with E-state index in [1.54, 1.807) is 0 Å². The number of hydrogen-bond acceptors (Lipinski definition) is 4. The maximum atomic E-state index is 11.0. The molecule has 1 aromatic rings. The highest BCUT2D eigenvalue weighted by Crippen LogP contribution is 2.27. The molecule has 1 aliphatic rings. The third-order valence-electron chi connectivity index (χ3n) is 3.85. The summed E-state index contributed by atoms with van der Waals surface area (Å²) in [5.74, 6) is 0.825. The van der Waals surface area contributed by atoms with Crippen LogP contribution >= 0.6 is 11.3 Å². The number of aromatic nitrogens is 1. The Balaban J connectivity index is 1.86. The normalized spacial score (nSPS) is 23.6. The van der Waals surface area contributed by atoms with Crippen LogP contribution in [-0.2, 0) is 11.3 Å². The lowest BCUT2D eigenvalue weighted by molar-refractivity contribution is -0.114. The van der Waals surface area contributed by atoms with E-state index in [0.29, 0.717) is 11.2 Å². The van der Waals surface area contributed by atoms with Crippen LogP contribution in [0.1, 0.15) is 45.2 Å². The summed E-state index contributed by atoms with van der Waals surface area (Å²) < 4.78 is 0. The number of carbonyl (C=O) groups is 1. The molecule has 0 unspecified atom stereocenters. The van der Waals surface area contributed by atoms with Crippen molar-refractivity contribution >= 4 is 22.4 Å². The number of amides is 1. The Hall–Kier alpha value is -0.940. The number of anilines is 1. The molecule has 19 heavy (non-hydrogen) atoms. The Morgan fingerprint density at radius 2 is 2.16 bits per heavy atom. The molecule has 1 fully saturated rings. The highest BCUT2D eigenvalue weighted by Gasteiger charge is 2.22. The molecule has 2 rings (SSSR count). The summed E-state index contributed by atoms with van der Waals surface area (Å²) in [5.41, 5.74) is 1.05. The lowest BCUT2D eigenvalue weighted by Crippen LogP contribution is -2.34. The van der Waals surface area contributed by atoms with Gasteiger partial charge in [-0.3, -0.25) is 9.69 Å². The minimum atomic E-state index is -0.0597. The third-order valence-corrected chi connectivity index (χ3v) is 4.66. The second kappa shape index (κ2) is 6.48. The molecule has 106 valence electrons. The first-order valence-corrected chi connectivity index (χ1v) is 7.85. The Bertz CT molecular complexity index is 424. The van der Waals surface area contributed by atoms with Crippen molar-refractivity contribution < 1.29 is 4.79 Å². The van der Waals surface area contributed by atoms with Crippen molar-refractivity contribution in [2.75, 3.05) is 12.4 Å². The van der Waals surface area contributed by atoms with E-state index in [1.807, 2.05) is 5.38 Å². The van der Waals surface area contributed by atoms with Crippen molar-refractivity contribution in [3.63, 3.8) is 0 Å². The molecule has 1 N–H and O–H groups in total. The van der Waals surface area contributed by atoms with Crippen LogP contribution in [0.4, 0.5) is 5.13 Å². The molecule has 0 aromatic carbocycles. The summed E-state index contributed by atoms with van der Waals surface area (Å²) in [6.07, 6.45) is 5.26. The number of carbonyl (C=O) groups excluding carboxylic acids is 1. The van der Waals surface area contributed by atoms with Crippen LogP contribution < -0.4 is 5.32 Å².